The zero-order valence-corrected chi connectivity index (χ0v) is 22.5. The Balaban J connectivity index is 0.00000130. The van der Waals surface area contributed by atoms with Crippen LogP contribution in [0.3, 0.4) is 0 Å². The molecule has 4 rings (SSSR count). The molecule has 18 heteroatoms. The van der Waals surface area contributed by atoms with Crippen molar-refractivity contribution in [3.8, 4) is 5.75 Å². The molecule has 2 N–H and O–H groups in total. The predicted molar refractivity (Wildman–Crippen MR) is 130 cm³/mol. The van der Waals surface area contributed by atoms with E-state index >= 15 is 26.3 Å². The number of benzene rings is 4. The number of halogens is 15. The molecule has 0 bridgehead atoms. The van der Waals surface area contributed by atoms with E-state index in [9.17, 15) is 44.6 Å². The van der Waals surface area contributed by atoms with Gasteiger partial charge in [-0.15, -0.1) is 16.4 Å². The van der Waals surface area contributed by atoms with Crippen molar-refractivity contribution in [1.82, 2.24) is 0 Å². The van der Waals surface area contributed by atoms with Crippen LogP contribution in [0.5, 0.6) is 5.75 Å². The van der Waals surface area contributed by atoms with Crippen LogP contribution in [-0.4, -0.2) is 32.4 Å². The van der Waals surface area contributed by atoms with E-state index in [1.165, 1.54) is 4.90 Å². The number of phenols is 1. The molecule has 0 aliphatic heterocycles. The maximum absolute atomic E-state index is 15.4. The lowest BCUT2D eigenvalue weighted by Crippen LogP contribution is -3.02. The van der Waals surface area contributed by atoms with Crippen LogP contribution in [0.1, 0.15) is 0 Å². The number of aromatic hydroxyl groups is 1. The lowest BCUT2D eigenvalue weighted by atomic mass is 9.12. The molecule has 242 valence electrons. The van der Waals surface area contributed by atoms with Crippen molar-refractivity contribution in [2.45, 2.75) is 0 Å². The van der Waals surface area contributed by atoms with E-state index in [2.05, 4.69) is 21.1 Å². The average molecular weight is 665 g/mol. The van der Waals surface area contributed by atoms with Gasteiger partial charge in [-0.3, -0.25) is 0 Å². The Hall–Kier alpha value is -4.35. The fourth-order valence-electron chi connectivity index (χ4n) is 4.70. The summed E-state index contributed by atoms with van der Waals surface area (Å²) in [5.74, 6) is -47.1. The summed E-state index contributed by atoms with van der Waals surface area (Å²) in [6.45, 7) is 0. The molecule has 0 aliphatic rings. The van der Waals surface area contributed by atoms with Gasteiger partial charge in [-0.1, -0.05) is 12.1 Å². The van der Waals surface area contributed by atoms with E-state index in [-0.39, 0.29) is 12.1 Å². The van der Waals surface area contributed by atoms with Crippen molar-refractivity contribution < 1.29 is 75.9 Å². The average Bonchev–Trinajstić information content (AvgIpc) is 2.98. The molecule has 4 aromatic rings. The molecule has 0 radical (unpaired) electrons. The molecule has 4 aromatic carbocycles. The van der Waals surface area contributed by atoms with Crippen LogP contribution in [0, 0.1) is 87.3 Å². The van der Waals surface area contributed by atoms with Gasteiger partial charge in [0.2, 0.25) is 0 Å². The van der Waals surface area contributed by atoms with Crippen LogP contribution >= 0.6 is 0 Å². The van der Waals surface area contributed by atoms with Gasteiger partial charge in [0.15, 0.2) is 52.4 Å². The van der Waals surface area contributed by atoms with Gasteiger partial charge < -0.3 is 10.0 Å². The zero-order valence-electron chi connectivity index (χ0n) is 22.5. The van der Waals surface area contributed by atoms with Gasteiger partial charge in [-0.2, -0.15) is 5.46 Å². The fraction of sp³-hybridized carbons (Fsp3) is 0.111. The first-order chi connectivity index (χ1) is 20.8. The standard InChI is InChI=1S/C24H5BF15O.C3H9N/c26-10-7(11(27)17(33)22(38)16(10)32)25(5-1-3-6(41)4-2-5,8-12(28)18(34)23(39)19(35)13(8)29)9-14(30)20(36)24(40)21(37)15(9)31;1-4(2)3/h1-4,41H;1-3H3/q-1;/p+1. The first kappa shape index (κ1) is 35.1. The summed E-state index contributed by atoms with van der Waals surface area (Å²) in [5, 5.41) is 9.59. The van der Waals surface area contributed by atoms with E-state index in [0.29, 0.717) is 12.1 Å². The van der Waals surface area contributed by atoms with Crippen molar-refractivity contribution in [2.24, 2.45) is 0 Å². The highest BCUT2D eigenvalue weighted by Crippen LogP contribution is 2.28. The van der Waals surface area contributed by atoms with Crippen molar-refractivity contribution in [2.75, 3.05) is 21.1 Å². The lowest BCUT2D eigenvalue weighted by molar-refractivity contribution is -0.836. The Bertz CT molecular complexity index is 1550. The van der Waals surface area contributed by atoms with Gasteiger partial charge in [0, 0.05) is 0 Å². The van der Waals surface area contributed by atoms with E-state index in [1.54, 1.807) is 0 Å². The van der Waals surface area contributed by atoms with Gasteiger partial charge in [0.25, 0.3) is 0 Å². The van der Waals surface area contributed by atoms with Crippen molar-refractivity contribution in [1.29, 1.82) is 0 Å². The molecular formula is C27H15BF15NO. The second kappa shape index (κ2) is 12.6. The predicted octanol–water partition coefficient (Wildman–Crippen LogP) is 3.62. The number of hydrogen-bond donors (Lipinski definition) is 2. The van der Waals surface area contributed by atoms with Crippen molar-refractivity contribution in [3.05, 3.63) is 112 Å². The Morgan fingerprint density at radius 2 is 0.556 bits per heavy atom. The van der Waals surface area contributed by atoms with Crippen LogP contribution in [0.25, 0.3) is 0 Å². The van der Waals surface area contributed by atoms with Gasteiger partial charge in [0.1, 0.15) is 46.8 Å². The summed E-state index contributed by atoms with van der Waals surface area (Å²) in [4.78, 5) is 1.42. The molecule has 0 spiro atoms. The van der Waals surface area contributed by atoms with Crippen LogP contribution in [0.15, 0.2) is 24.3 Å². The molecule has 0 aliphatic carbocycles. The number of rotatable bonds is 4. The third kappa shape index (κ3) is 5.44. The third-order valence-electron chi connectivity index (χ3n) is 6.42. The maximum Gasteiger partial charge on any atom is 0.200 e. The van der Waals surface area contributed by atoms with E-state index < -0.39 is 121 Å². The minimum Gasteiger partial charge on any atom is -0.508 e. The van der Waals surface area contributed by atoms with E-state index in [1.807, 2.05) is 0 Å². The molecule has 0 atom stereocenters. The van der Waals surface area contributed by atoms with Crippen LogP contribution in [-0.2, 0) is 0 Å². The van der Waals surface area contributed by atoms with Crippen molar-refractivity contribution in [3.63, 3.8) is 0 Å². The van der Waals surface area contributed by atoms with Crippen molar-refractivity contribution >= 4 is 28.0 Å². The fourth-order valence-corrected chi connectivity index (χ4v) is 4.70. The molecule has 0 amide bonds. The summed E-state index contributed by atoms with van der Waals surface area (Å²) in [6, 6.07) is 1.11. The van der Waals surface area contributed by atoms with Gasteiger partial charge >= 0.3 is 0 Å². The molecule has 0 aromatic heterocycles. The van der Waals surface area contributed by atoms with Gasteiger partial charge in [0.05, 0.1) is 21.1 Å². The first-order valence-electron chi connectivity index (χ1n) is 12.0. The number of quaternary nitrogens is 1. The quantitative estimate of drug-likeness (QED) is 0.148. The molecule has 0 heterocycles. The Morgan fingerprint density at radius 3 is 0.756 bits per heavy atom. The normalized spacial score (nSPS) is 11.6. The zero-order chi connectivity index (χ0) is 34.5. The van der Waals surface area contributed by atoms with E-state index in [0.717, 1.165) is 0 Å². The number of nitrogens with one attached hydrogen (secondary N) is 1. The second-order valence-electron chi connectivity index (χ2n) is 9.91. The van der Waals surface area contributed by atoms with Crippen LogP contribution in [0.2, 0.25) is 0 Å². The molecule has 45 heavy (non-hydrogen) atoms. The molecule has 0 saturated carbocycles. The minimum atomic E-state index is -5.84. The summed E-state index contributed by atoms with van der Waals surface area (Å²) in [7, 11) is 6.25. The summed E-state index contributed by atoms with van der Waals surface area (Å²) >= 11 is 0. The Labute approximate surface area is 242 Å². The van der Waals surface area contributed by atoms with Crippen LogP contribution in [0.4, 0.5) is 65.9 Å². The van der Waals surface area contributed by atoms with Crippen LogP contribution < -0.4 is 26.8 Å². The smallest absolute Gasteiger partial charge is 0.200 e. The highest BCUT2D eigenvalue weighted by molar-refractivity contribution is 7.20. The third-order valence-corrected chi connectivity index (χ3v) is 6.42. The SMILES string of the molecule is C[NH+](C)C.Oc1ccc([B-](c2c(F)c(F)c(F)c(F)c2F)(c2c(F)c(F)c(F)c(F)c2F)c2c(F)c(F)c(F)c(F)c2F)cc1. The Kier molecular flexibility index (Phi) is 9.82. The highest BCUT2D eigenvalue weighted by Gasteiger charge is 2.48. The monoisotopic (exact) mass is 665 g/mol. The largest absolute Gasteiger partial charge is 0.508 e. The van der Waals surface area contributed by atoms with Gasteiger partial charge in [-0.25, -0.2) is 65.9 Å². The summed E-state index contributed by atoms with van der Waals surface area (Å²) < 4.78 is 220. The summed E-state index contributed by atoms with van der Waals surface area (Å²) in [5.41, 5.74) is -9.80. The first-order valence-corrected chi connectivity index (χ1v) is 12.0. The maximum atomic E-state index is 15.4. The van der Waals surface area contributed by atoms with Gasteiger partial charge in [-0.05, 0) is 12.1 Å². The second-order valence-corrected chi connectivity index (χ2v) is 9.91. The minimum absolute atomic E-state index is 0.184. The molecule has 0 fully saturated rings. The lowest BCUT2D eigenvalue weighted by Gasteiger charge is -2.44. The number of hydrogen-bond acceptors (Lipinski definition) is 1. The summed E-state index contributed by atoms with van der Waals surface area (Å²) in [6.07, 6.45) is -5.84. The molecule has 0 saturated heterocycles. The molecule has 0 unspecified atom stereocenters. The molecule has 2 nitrogen and oxygen atoms in total. The number of phenolic OH excluding ortho intramolecular Hbond substituents is 1. The Morgan fingerprint density at radius 1 is 0.378 bits per heavy atom. The van der Waals surface area contributed by atoms with E-state index in [4.69, 9.17) is 0 Å². The molecular weight excluding hydrogens is 650 g/mol. The highest BCUT2D eigenvalue weighted by atomic mass is 19.2. The topological polar surface area (TPSA) is 24.7 Å².